The van der Waals surface area contributed by atoms with E-state index in [9.17, 15) is 0 Å². The molecule has 0 bridgehead atoms. The van der Waals surface area contributed by atoms with Gasteiger partial charge < -0.3 is 9.05 Å². The third-order valence-corrected chi connectivity index (χ3v) is 2.10. The van der Waals surface area contributed by atoms with E-state index in [1.54, 1.807) is 0 Å². The van der Waals surface area contributed by atoms with Crippen molar-refractivity contribution >= 4 is 20.5 Å². The maximum atomic E-state index is 5.13. The zero-order chi connectivity index (χ0) is 8.53. The molecule has 5 heteroatoms. The SMILES string of the molecule is CCCOP(OCl)OCCC. The molecule has 0 aromatic rings. The molecule has 0 saturated carbocycles. The largest absolute Gasteiger partial charge is 0.350 e. The van der Waals surface area contributed by atoms with Crippen molar-refractivity contribution in [3.63, 3.8) is 0 Å². The Morgan fingerprint density at radius 1 is 1.09 bits per heavy atom. The van der Waals surface area contributed by atoms with Gasteiger partial charge in [0.25, 0.3) is 0 Å². The van der Waals surface area contributed by atoms with E-state index in [-0.39, 0.29) is 0 Å². The molecular weight excluding hydrogens is 186 g/mol. The Labute approximate surface area is 74.1 Å². The number of halogens is 1. The van der Waals surface area contributed by atoms with Gasteiger partial charge in [-0.05, 0) is 12.8 Å². The molecule has 11 heavy (non-hydrogen) atoms. The predicted molar refractivity (Wildman–Crippen MR) is 46.3 cm³/mol. The smallest absolute Gasteiger partial charge is 0.311 e. The highest BCUT2D eigenvalue weighted by Crippen LogP contribution is 2.40. The average molecular weight is 201 g/mol. The van der Waals surface area contributed by atoms with E-state index in [0.717, 1.165) is 12.8 Å². The second kappa shape index (κ2) is 8.69. The standard InChI is InChI=1S/C6H14ClO3P/c1-3-5-8-11(10-7)9-6-4-2/h3-6H2,1-2H3. The van der Waals surface area contributed by atoms with Gasteiger partial charge in [0, 0.05) is 0 Å². The molecule has 0 spiro atoms. The minimum atomic E-state index is -1.30. The third kappa shape index (κ3) is 6.98. The van der Waals surface area contributed by atoms with Crippen molar-refractivity contribution in [2.45, 2.75) is 26.7 Å². The van der Waals surface area contributed by atoms with E-state index in [1.165, 1.54) is 0 Å². The highest BCUT2D eigenvalue weighted by atomic mass is 35.5. The van der Waals surface area contributed by atoms with Crippen LogP contribution in [0.2, 0.25) is 0 Å². The number of hydrogen-bond acceptors (Lipinski definition) is 3. The molecule has 0 rings (SSSR count). The van der Waals surface area contributed by atoms with Crippen molar-refractivity contribution in [1.82, 2.24) is 0 Å². The van der Waals surface area contributed by atoms with Crippen LogP contribution in [-0.4, -0.2) is 13.2 Å². The normalized spacial score (nSPS) is 10.9. The molecule has 0 N–H and O–H groups in total. The molecule has 0 fully saturated rings. The molecule has 68 valence electrons. The van der Waals surface area contributed by atoms with Gasteiger partial charge in [-0.15, -0.1) is 0 Å². The molecule has 0 aliphatic rings. The Bertz CT molecular complexity index is 76.2. The van der Waals surface area contributed by atoms with Crippen molar-refractivity contribution in [1.29, 1.82) is 0 Å². The van der Waals surface area contributed by atoms with Crippen LogP contribution >= 0.6 is 20.5 Å². The van der Waals surface area contributed by atoms with Gasteiger partial charge in [-0.25, -0.2) is 0 Å². The van der Waals surface area contributed by atoms with Gasteiger partial charge >= 0.3 is 8.60 Å². The Morgan fingerprint density at radius 3 is 1.82 bits per heavy atom. The summed E-state index contributed by atoms with van der Waals surface area (Å²) in [5, 5.41) is 0. The van der Waals surface area contributed by atoms with Gasteiger partial charge in [0.15, 0.2) is 0 Å². The summed E-state index contributed by atoms with van der Waals surface area (Å²) in [5.74, 6) is 0. The predicted octanol–water partition coefficient (Wildman–Crippen LogP) is 3.24. The first kappa shape index (κ1) is 11.6. The molecule has 0 aromatic carbocycles. The summed E-state index contributed by atoms with van der Waals surface area (Å²) in [6.45, 7) is 5.29. The van der Waals surface area contributed by atoms with Gasteiger partial charge in [-0.1, -0.05) is 13.8 Å². The minimum Gasteiger partial charge on any atom is -0.311 e. The first-order valence-electron chi connectivity index (χ1n) is 3.69. The fourth-order valence-corrected chi connectivity index (χ4v) is 1.47. The van der Waals surface area contributed by atoms with Crippen molar-refractivity contribution in [2.75, 3.05) is 13.2 Å². The summed E-state index contributed by atoms with van der Waals surface area (Å²) in [7, 11) is -1.30. The van der Waals surface area contributed by atoms with Crippen LogP contribution in [0.1, 0.15) is 26.7 Å². The maximum Gasteiger partial charge on any atom is 0.350 e. The fraction of sp³-hybridized carbons (Fsp3) is 1.00. The summed E-state index contributed by atoms with van der Waals surface area (Å²) in [5.41, 5.74) is 0. The number of rotatable bonds is 7. The molecule has 0 aliphatic carbocycles. The second-order valence-electron chi connectivity index (χ2n) is 1.96. The average Bonchev–Trinajstić information content (AvgIpc) is 2.05. The summed E-state index contributed by atoms with van der Waals surface area (Å²) < 4.78 is 14.7. The summed E-state index contributed by atoms with van der Waals surface area (Å²) >= 11 is 5.12. The van der Waals surface area contributed by atoms with Crippen molar-refractivity contribution < 1.29 is 13.1 Å². The molecule has 0 aliphatic heterocycles. The van der Waals surface area contributed by atoms with Crippen molar-refractivity contribution in [3.05, 3.63) is 0 Å². The van der Waals surface area contributed by atoms with E-state index in [1.807, 2.05) is 13.8 Å². The van der Waals surface area contributed by atoms with E-state index < -0.39 is 8.60 Å². The molecule has 0 heterocycles. The zero-order valence-electron chi connectivity index (χ0n) is 6.88. The Morgan fingerprint density at radius 2 is 1.55 bits per heavy atom. The van der Waals surface area contributed by atoms with Crippen molar-refractivity contribution in [3.8, 4) is 0 Å². The molecule has 0 amide bonds. The molecule has 3 nitrogen and oxygen atoms in total. The van der Waals surface area contributed by atoms with Crippen LogP contribution < -0.4 is 0 Å². The molecule has 0 radical (unpaired) electrons. The highest BCUT2D eigenvalue weighted by molar-refractivity contribution is 7.42. The summed E-state index contributed by atoms with van der Waals surface area (Å²) in [4.78, 5) is 0. The van der Waals surface area contributed by atoms with Crippen LogP contribution in [0.25, 0.3) is 0 Å². The van der Waals surface area contributed by atoms with E-state index in [0.29, 0.717) is 13.2 Å². The summed E-state index contributed by atoms with van der Waals surface area (Å²) in [6.07, 6.45) is 1.88. The highest BCUT2D eigenvalue weighted by Gasteiger charge is 2.09. The lowest BCUT2D eigenvalue weighted by atomic mass is 10.5. The zero-order valence-corrected chi connectivity index (χ0v) is 8.53. The lowest BCUT2D eigenvalue weighted by Crippen LogP contribution is -1.93. The molecule has 0 unspecified atom stereocenters. The Balaban J connectivity index is 3.25. The van der Waals surface area contributed by atoms with Crippen LogP contribution in [0.5, 0.6) is 0 Å². The maximum absolute atomic E-state index is 5.13. The van der Waals surface area contributed by atoms with Crippen LogP contribution in [0, 0.1) is 0 Å². The van der Waals surface area contributed by atoms with Crippen LogP contribution in [0.3, 0.4) is 0 Å². The first-order chi connectivity index (χ1) is 5.35. The van der Waals surface area contributed by atoms with Crippen LogP contribution in [-0.2, 0) is 13.1 Å². The second-order valence-corrected chi connectivity index (χ2v) is 3.47. The van der Waals surface area contributed by atoms with Crippen LogP contribution in [0.4, 0.5) is 0 Å². The van der Waals surface area contributed by atoms with E-state index in [2.05, 4.69) is 4.08 Å². The minimum absolute atomic E-state index is 0.627. The van der Waals surface area contributed by atoms with Crippen molar-refractivity contribution in [2.24, 2.45) is 0 Å². The van der Waals surface area contributed by atoms with Gasteiger partial charge in [0.2, 0.25) is 0 Å². The monoisotopic (exact) mass is 200 g/mol. The van der Waals surface area contributed by atoms with E-state index in [4.69, 9.17) is 20.9 Å². The van der Waals surface area contributed by atoms with Gasteiger partial charge in [-0.2, -0.15) is 4.08 Å². The quantitative estimate of drug-likeness (QED) is 0.591. The Kier molecular flexibility index (Phi) is 9.17. The molecular formula is C6H14ClO3P. The van der Waals surface area contributed by atoms with Gasteiger partial charge in [-0.3, -0.25) is 0 Å². The first-order valence-corrected chi connectivity index (χ1v) is 5.10. The van der Waals surface area contributed by atoms with Gasteiger partial charge in [0.1, 0.15) is 0 Å². The number of hydrogen-bond donors (Lipinski definition) is 0. The molecule has 0 atom stereocenters. The van der Waals surface area contributed by atoms with Crippen LogP contribution in [0.15, 0.2) is 0 Å². The molecule has 0 aromatic heterocycles. The fourth-order valence-electron chi connectivity index (χ4n) is 0.409. The Hall–Kier alpha value is 0.600. The topological polar surface area (TPSA) is 27.7 Å². The van der Waals surface area contributed by atoms with Gasteiger partial charge in [0.05, 0.1) is 25.1 Å². The third-order valence-electron chi connectivity index (χ3n) is 0.858. The van der Waals surface area contributed by atoms with E-state index >= 15 is 0 Å². The lowest BCUT2D eigenvalue weighted by Gasteiger charge is -2.10. The summed E-state index contributed by atoms with van der Waals surface area (Å²) in [6, 6.07) is 0. The lowest BCUT2D eigenvalue weighted by molar-refractivity contribution is 0.209. The molecule has 0 saturated heterocycles.